The summed E-state index contributed by atoms with van der Waals surface area (Å²) < 4.78 is 0.266. The first-order valence-corrected chi connectivity index (χ1v) is 4.19. The predicted octanol–water partition coefficient (Wildman–Crippen LogP) is 0.198. The van der Waals surface area contributed by atoms with Crippen molar-refractivity contribution in [2.24, 2.45) is 0 Å². The highest BCUT2D eigenvalue weighted by molar-refractivity contribution is 6.37. The van der Waals surface area contributed by atoms with E-state index in [2.05, 4.69) is 0 Å². The fourth-order valence-electron chi connectivity index (χ4n) is 1.73. The zero-order chi connectivity index (χ0) is 11.3. The lowest BCUT2D eigenvalue weighted by Gasteiger charge is -2.27. The molecule has 0 saturated heterocycles. The van der Waals surface area contributed by atoms with Crippen LogP contribution in [0.4, 0.5) is 0 Å². The Morgan fingerprint density at radius 2 is 1.86 bits per heavy atom. The third kappa shape index (κ3) is 1.11. The second-order valence-corrected chi connectivity index (χ2v) is 4.30. The van der Waals surface area contributed by atoms with E-state index >= 15 is 0 Å². The average Bonchev–Trinajstić information content (AvgIpc) is 2.10. The molecule has 6 heteroatoms. The zero-order valence-electron chi connectivity index (χ0n) is 8.57. The SMILES string of the molecule is CC1(C)C(C(=O)O)=[N+]([O-])C(C)(C)N1[O]. The molecular weight excluding hydrogens is 188 g/mol. The summed E-state index contributed by atoms with van der Waals surface area (Å²) in [6.45, 7) is 5.63. The van der Waals surface area contributed by atoms with Crippen LogP contribution in [0.1, 0.15) is 27.7 Å². The van der Waals surface area contributed by atoms with Gasteiger partial charge in [0.15, 0.2) is 0 Å². The Labute approximate surface area is 81.6 Å². The van der Waals surface area contributed by atoms with Crippen LogP contribution in [0.25, 0.3) is 0 Å². The molecule has 0 atom stereocenters. The number of hydroxylamine groups is 3. The van der Waals surface area contributed by atoms with Crippen molar-refractivity contribution in [3.8, 4) is 0 Å². The summed E-state index contributed by atoms with van der Waals surface area (Å²) in [5, 5.41) is 32.6. The van der Waals surface area contributed by atoms with Gasteiger partial charge in [0.1, 0.15) is 5.54 Å². The van der Waals surface area contributed by atoms with E-state index < -0.39 is 22.9 Å². The highest BCUT2D eigenvalue weighted by Gasteiger charge is 2.60. The molecule has 1 aliphatic rings. The Morgan fingerprint density at radius 1 is 1.43 bits per heavy atom. The minimum atomic E-state index is -1.36. The van der Waals surface area contributed by atoms with Crippen molar-refractivity contribution in [3.05, 3.63) is 5.21 Å². The fourth-order valence-corrected chi connectivity index (χ4v) is 1.73. The smallest absolute Gasteiger partial charge is 0.399 e. The molecule has 0 aromatic rings. The van der Waals surface area contributed by atoms with E-state index in [4.69, 9.17) is 5.11 Å². The van der Waals surface area contributed by atoms with Crippen molar-refractivity contribution >= 4 is 11.7 Å². The molecule has 14 heavy (non-hydrogen) atoms. The molecule has 0 fully saturated rings. The molecule has 0 unspecified atom stereocenters. The second-order valence-electron chi connectivity index (χ2n) is 4.30. The largest absolute Gasteiger partial charge is 0.622 e. The van der Waals surface area contributed by atoms with E-state index in [-0.39, 0.29) is 4.74 Å². The third-order valence-electron chi connectivity index (χ3n) is 2.49. The highest BCUT2D eigenvalue weighted by atomic mass is 16.6. The maximum Gasteiger partial charge on any atom is 0.399 e. The van der Waals surface area contributed by atoms with E-state index in [1.165, 1.54) is 27.7 Å². The van der Waals surface area contributed by atoms with Gasteiger partial charge >= 0.3 is 5.97 Å². The van der Waals surface area contributed by atoms with E-state index in [1.54, 1.807) is 0 Å². The molecule has 1 radical (unpaired) electrons. The Hall–Kier alpha value is -1.14. The first kappa shape index (κ1) is 10.9. The number of nitrogens with zero attached hydrogens (tertiary/aromatic N) is 2. The standard InChI is InChI=1S/C8H13N2O4/c1-7(2)5(6(11)12)9(13)8(3,4)10(7)14/h1-4H3,(H,11,12). The molecule has 0 aromatic heterocycles. The van der Waals surface area contributed by atoms with E-state index in [1.807, 2.05) is 0 Å². The van der Waals surface area contributed by atoms with Crippen LogP contribution in [-0.4, -0.2) is 37.8 Å². The summed E-state index contributed by atoms with van der Waals surface area (Å²) >= 11 is 0. The maximum absolute atomic E-state index is 11.7. The van der Waals surface area contributed by atoms with Crippen LogP contribution in [0.2, 0.25) is 0 Å². The van der Waals surface area contributed by atoms with E-state index in [9.17, 15) is 15.2 Å². The Balaban J connectivity index is 3.37. The number of carboxylic acids is 1. The van der Waals surface area contributed by atoms with Gasteiger partial charge in [-0.05, 0) is 13.8 Å². The lowest BCUT2D eigenvalue weighted by molar-refractivity contribution is -0.586. The normalized spacial score (nSPS) is 25.5. The van der Waals surface area contributed by atoms with Gasteiger partial charge in [-0.2, -0.15) is 4.74 Å². The number of carboxylic acid groups (broad SMARTS) is 1. The van der Waals surface area contributed by atoms with Crippen molar-refractivity contribution in [1.29, 1.82) is 0 Å². The zero-order valence-corrected chi connectivity index (χ0v) is 8.57. The van der Waals surface area contributed by atoms with Crippen molar-refractivity contribution < 1.29 is 19.8 Å². The molecule has 1 aliphatic heterocycles. The summed E-state index contributed by atoms with van der Waals surface area (Å²) in [4.78, 5) is 10.8. The van der Waals surface area contributed by atoms with Crippen LogP contribution in [0.15, 0.2) is 0 Å². The molecule has 1 heterocycles. The average molecular weight is 201 g/mol. The number of carbonyl (C=O) groups is 1. The van der Waals surface area contributed by atoms with Gasteiger partial charge in [-0.15, -0.1) is 5.21 Å². The Kier molecular flexibility index (Phi) is 2.09. The lowest BCUT2D eigenvalue weighted by Crippen LogP contribution is -2.51. The van der Waals surface area contributed by atoms with Crippen LogP contribution < -0.4 is 0 Å². The van der Waals surface area contributed by atoms with Gasteiger partial charge in [-0.1, -0.05) is 5.06 Å². The van der Waals surface area contributed by atoms with Crippen LogP contribution in [0, 0.1) is 5.21 Å². The van der Waals surface area contributed by atoms with Crippen molar-refractivity contribution in [2.45, 2.75) is 38.9 Å². The van der Waals surface area contributed by atoms with Gasteiger partial charge in [-0.25, -0.2) is 4.79 Å². The molecule has 0 aromatic carbocycles. The predicted molar refractivity (Wildman–Crippen MR) is 47.0 cm³/mol. The van der Waals surface area contributed by atoms with Gasteiger partial charge in [0.2, 0.25) is 5.66 Å². The Bertz CT molecular complexity index is 319. The highest BCUT2D eigenvalue weighted by Crippen LogP contribution is 2.32. The molecule has 0 spiro atoms. The van der Waals surface area contributed by atoms with Gasteiger partial charge in [0.05, 0.1) is 0 Å². The summed E-state index contributed by atoms with van der Waals surface area (Å²) in [5.74, 6) is -1.35. The van der Waals surface area contributed by atoms with Crippen molar-refractivity contribution in [2.75, 3.05) is 0 Å². The van der Waals surface area contributed by atoms with Crippen molar-refractivity contribution in [1.82, 2.24) is 5.06 Å². The third-order valence-corrected chi connectivity index (χ3v) is 2.49. The van der Waals surface area contributed by atoms with Gasteiger partial charge < -0.3 is 10.3 Å². The molecule has 0 aliphatic carbocycles. The van der Waals surface area contributed by atoms with E-state index in [0.29, 0.717) is 5.06 Å². The number of hydrogen-bond donors (Lipinski definition) is 1. The fraction of sp³-hybridized carbons (Fsp3) is 0.750. The van der Waals surface area contributed by atoms with Crippen molar-refractivity contribution in [3.63, 3.8) is 0 Å². The molecule has 0 amide bonds. The van der Waals surface area contributed by atoms with Gasteiger partial charge in [-0.3, -0.25) is 0 Å². The molecular formula is C8H13N2O4. The first-order chi connectivity index (χ1) is 6.13. The van der Waals surface area contributed by atoms with Gasteiger partial charge in [0.25, 0.3) is 5.71 Å². The first-order valence-electron chi connectivity index (χ1n) is 4.19. The summed E-state index contributed by atoms with van der Waals surface area (Å²) in [6, 6.07) is 0. The number of aliphatic carboxylic acids is 1. The maximum atomic E-state index is 11.7. The molecule has 79 valence electrons. The summed E-state index contributed by atoms with van der Waals surface area (Å²) in [7, 11) is 0. The van der Waals surface area contributed by atoms with E-state index in [0.717, 1.165) is 0 Å². The molecule has 0 saturated carbocycles. The molecule has 6 nitrogen and oxygen atoms in total. The molecule has 0 bridgehead atoms. The second kappa shape index (κ2) is 2.68. The topological polar surface area (TPSA) is 86.5 Å². The quantitative estimate of drug-likeness (QED) is 0.485. The minimum Gasteiger partial charge on any atom is -0.622 e. The number of rotatable bonds is 1. The van der Waals surface area contributed by atoms with Crippen LogP contribution in [0.3, 0.4) is 0 Å². The summed E-state index contributed by atoms with van der Waals surface area (Å²) in [5.41, 5.74) is -3.08. The monoisotopic (exact) mass is 201 g/mol. The number of hydrogen-bond acceptors (Lipinski definition) is 3. The molecule has 1 rings (SSSR count). The Morgan fingerprint density at radius 3 is 2.00 bits per heavy atom. The van der Waals surface area contributed by atoms with Crippen LogP contribution in [0.5, 0.6) is 0 Å². The lowest BCUT2D eigenvalue weighted by atomic mass is 9.99. The minimum absolute atomic E-state index is 0.266. The van der Waals surface area contributed by atoms with Crippen LogP contribution >= 0.6 is 0 Å². The van der Waals surface area contributed by atoms with Crippen LogP contribution in [-0.2, 0) is 10.0 Å². The van der Waals surface area contributed by atoms with Gasteiger partial charge in [0, 0.05) is 13.8 Å². The summed E-state index contributed by atoms with van der Waals surface area (Å²) in [6.07, 6.45) is 0. The molecule has 1 N–H and O–H groups in total.